The Morgan fingerprint density at radius 3 is 2.81 bits per heavy atom. The van der Waals surface area contributed by atoms with Crippen molar-refractivity contribution in [2.75, 3.05) is 13.7 Å². The maximum Gasteiger partial charge on any atom is 0.264 e. The van der Waals surface area contributed by atoms with E-state index in [4.69, 9.17) is 19.7 Å². The van der Waals surface area contributed by atoms with Gasteiger partial charge in [-0.05, 0) is 37.1 Å². The van der Waals surface area contributed by atoms with Gasteiger partial charge >= 0.3 is 0 Å². The summed E-state index contributed by atoms with van der Waals surface area (Å²) in [7, 11) is 1.61. The number of hydrogen-bond acceptors (Lipinski definition) is 6. The van der Waals surface area contributed by atoms with Crippen LogP contribution in [0.4, 0.5) is 0 Å². The number of nitrogens with zero attached hydrogens (tertiary/aromatic N) is 2. The molecule has 0 radical (unpaired) electrons. The van der Waals surface area contributed by atoms with Crippen LogP contribution >= 0.6 is 0 Å². The van der Waals surface area contributed by atoms with Crippen molar-refractivity contribution in [3.63, 3.8) is 0 Å². The molecule has 0 saturated heterocycles. The van der Waals surface area contributed by atoms with Gasteiger partial charge < -0.3 is 19.7 Å². The van der Waals surface area contributed by atoms with Gasteiger partial charge in [0.05, 0.1) is 7.11 Å². The van der Waals surface area contributed by atoms with Gasteiger partial charge in [-0.3, -0.25) is 0 Å². The summed E-state index contributed by atoms with van der Waals surface area (Å²) in [5.74, 6) is 2.50. The Kier molecular flexibility index (Phi) is 5.57. The molecular weight excluding hydrogens is 270 g/mol. The number of hydrogen-bond donors (Lipinski definition) is 1. The first-order chi connectivity index (χ1) is 10.3. The lowest BCUT2D eigenvalue weighted by atomic mass is 10.1. The molecule has 0 spiro atoms. The Bertz CT molecular complexity index is 569. The van der Waals surface area contributed by atoms with Crippen molar-refractivity contribution in [1.29, 1.82) is 0 Å². The van der Waals surface area contributed by atoms with E-state index in [1.807, 2.05) is 18.2 Å². The van der Waals surface area contributed by atoms with Gasteiger partial charge in [-0.15, -0.1) is 0 Å². The fourth-order valence-electron chi connectivity index (χ4n) is 1.97. The number of ether oxygens (including phenoxy) is 2. The standard InChI is InChI=1S/C15H21N3O3/c1-3-4-14-17-15(21-18-14)10-20-12-6-5-11(7-8-16)9-13(12)19-2/h5-6,9H,3-4,7-8,10,16H2,1-2H3. The number of aryl methyl sites for hydroxylation is 1. The van der Waals surface area contributed by atoms with Gasteiger partial charge in [0.2, 0.25) is 0 Å². The third-order valence-corrected chi connectivity index (χ3v) is 3.00. The minimum absolute atomic E-state index is 0.226. The van der Waals surface area contributed by atoms with Crippen molar-refractivity contribution in [2.45, 2.75) is 32.8 Å². The molecule has 0 atom stereocenters. The Morgan fingerprint density at radius 1 is 1.24 bits per heavy atom. The molecule has 1 aromatic heterocycles. The molecule has 6 nitrogen and oxygen atoms in total. The molecule has 1 aromatic carbocycles. The van der Waals surface area contributed by atoms with Crippen LogP contribution in [0.2, 0.25) is 0 Å². The van der Waals surface area contributed by atoms with Gasteiger partial charge in [0, 0.05) is 6.42 Å². The van der Waals surface area contributed by atoms with Gasteiger partial charge in [-0.2, -0.15) is 4.98 Å². The molecule has 6 heteroatoms. The first-order valence-electron chi connectivity index (χ1n) is 7.08. The van der Waals surface area contributed by atoms with E-state index in [2.05, 4.69) is 17.1 Å². The molecule has 1 heterocycles. The normalized spacial score (nSPS) is 10.6. The summed E-state index contributed by atoms with van der Waals surface area (Å²) in [6, 6.07) is 5.77. The van der Waals surface area contributed by atoms with E-state index in [9.17, 15) is 0 Å². The molecule has 0 fully saturated rings. The van der Waals surface area contributed by atoms with E-state index < -0.39 is 0 Å². The van der Waals surface area contributed by atoms with Crippen molar-refractivity contribution in [3.05, 3.63) is 35.5 Å². The second kappa shape index (κ2) is 7.64. The minimum atomic E-state index is 0.226. The lowest BCUT2D eigenvalue weighted by Crippen LogP contribution is -2.03. The van der Waals surface area contributed by atoms with Gasteiger partial charge in [-0.1, -0.05) is 18.1 Å². The van der Waals surface area contributed by atoms with Crippen molar-refractivity contribution < 1.29 is 14.0 Å². The average molecular weight is 291 g/mol. The molecule has 2 N–H and O–H groups in total. The van der Waals surface area contributed by atoms with E-state index in [-0.39, 0.29) is 6.61 Å². The zero-order valence-electron chi connectivity index (χ0n) is 12.5. The summed E-state index contributed by atoms with van der Waals surface area (Å²) in [5, 5.41) is 3.89. The van der Waals surface area contributed by atoms with E-state index in [1.165, 1.54) is 0 Å². The molecule has 114 valence electrons. The van der Waals surface area contributed by atoms with Crippen molar-refractivity contribution in [2.24, 2.45) is 5.73 Å². The molecule has 0 bridgehead atoms. The monoisotopic (exact) mass is 291 g/mol. The summed E-state index contributed by atoms with van der Waals surface area (Å²) < 4.78 is 16.1. The zero-order valence-corrected chi connectivity index (χ0v) is 12.5. The van der Waals surface area contributed by atoms with Crippen LogP contribution in [0.25, 0.3) is 0 Å². The van der Waals surface area contributed by atoms with Crippen molar-refractivity contribution in [1.82, 2.24) is 10.1 Å². The van der Waals surface area contributed by atoms with Crippen molar-refractivity contribution in [3.8, 4) is 11.5 Å². The summed E-state index contributed by atoms with van der Waals surface area (Å²) in [6.45, 7) is 2.90. The fraction of sp³-hybridized carbons (Fsp3) is 0.467. The molecule has 2 aromatic rings. The smallest absolute Gasteiger partial charge is 0.264 e. The maximum atomic E-state index is 5.69. The van der Waals surface area contributed by atoms with Crippen LogP contribution in [0, 0.1) is 0 Å². The quantitative estimate of drug-likeness (QED) is 0.802. The Balaban J connectivity index is 2.01. The van der Waals surface area contributed by atoms with Gasteiger partial charge in [0.1, 0.15) is 0 Å². The van der Waals surface area contributed by atoms with E-state index in [0.717, 1.165) is 24.8 Å². The molecule has 2 rings (SSSR count). The van der Waals surface area contributed by atoms with Gasteiger partial charge in [-0.25, -0.2) is 0 Å². The Morgan fingerprint density at radius 2 is 2.10 bits per heavy atom. The first kappa shape index (κ1) is 15.3. The maximum absolute atomic E-state index is 5.69. The van der Waals surface area contributed by atoms with Crippen LogP contribution in [0.5, 0.6) is 11.5 Å². The molecule has 21 heavy (non-hydrogen) atoms. The number of methoxy groups -OCH3 is 1. The SMILES string of the molecule is CCCc1noc(COc2ccc(CCN)cc2OC)n1. The Labute approximate surface area is 124 Å². The topological polar surface area (TPSA) is 83.4 Å². The summed E-state index contributed by atoms with van der Waals surface area (Å²) in [6.07, 6.45) is 2.59. The molecule has 0 aliphatic rings. The Hall–Kier alpha value is -2.08. The lowest BCUT2D eigenvalue weighted by Gasteiger charge is -2.10. The summed E-state index contributed by atoms with van der Waals surface area (Å²) in [5.41, 5.74) is 6.67. The molecule has 0 aliphatic heterocycles. The van der Waals surface area contributed by atoms with Crippen LogP contribution in [0.1, 0.15) is 30.6 Å². The predicted octanol–water partition coefficient (Wildman–Crippen LogP) is 2.11. The highest BCUT2D eigenvalue weighted by molar-refractivity contribution is 5.43. The number of aromatic nitrogens is 2. The van der Waals surface area contributed by atoms with E-state index in [0.29, 0.717) is 29.8 Å². The van der Waals surface area contributed by atoms with Crippen LogP contribution in [-0.4, -0.2) is 23.8 Å². The number of nitrogens with two attached hydrogens (primary N) is 1. The summed E-state index contributed by atoms with van der Waals surface area (Å²) >= 11 is 0. The van der Waals surface area contributed by atoms with Crippen LogP contribution < -0.4 is 15.2 Å². The molecule has 0 saturated carbocycles. The third-order valence-electron chi connectivity index (χ3n) is 3.00. The first-order valence-corrected chi connectivity index (χ1v) is 7.08. The average Bonchev–Trinajstić information content (AvgIpc) is 2.94. The zero-order chi connectivity index (χ0) is 15.1. The highest BCUT2D eigenvalue weighted by atomic mass is 16.5. The van der Waals surface area contributed by atoms with Crippen molar-refractivity contribution >= 4 is 0 Å². The van der Waals surface area contributed by atoms with Gasteiger partial charge in [0.25, 0.3) is 5.89 Å². The molecular formula is C15H21N3O3. The molecule has 0 unspecified atom stereocenters. The lowest BCUT2D eigenvalue weighted by molar-refractivity contribution is 0.233. The fourth-order valence-corrected chi connectivity index (χ4v) is 1.97. The highest BCUT2D eigenvalue weighted by Crippen LogP contribution is 2.28. The molecule has 0 amide bonds. The largest absolute Gasteiger partial charge is 0.493 e. The second-order valence-corrected chi connectivity index (χ2v) is 4.67. The summed E-state index contributed by atoms with van der Waals surface area (Å²) in [4.78, 5) is 4.26. The predicted molar refractivity (Wildman–Crippen MR) is 78.4 cm³/mol. The van der Waals surface area contributed by atoms with E-state index in [1.54, 1.807) is 7.11 Å². The number of rotatable bonds is 8. The van der Waals surface area contributed by atoms with Gasteiger partial charge in [0.15, 0.2) is 23.9 Å². The van der Waals surface area contributed by atoms with Crippen LogP contribution in [0.3, 0.4) is 0 Å². The van der Waals surface area contributed by atoms with Crippen LogP contribution in [-0.2, 0) is 19.4 Å². The van der Waals surface area contributed by atoms with Crippen LogP contribution in [0.15, 0.2) is 22.7 Å². The highest BCUT2D eigenvalue weighted by Gasteiger charge is 2.10. The second-order valence-electron chi connectivity index (χ2n) is 4.67. The van der Waals surface area contributed by atoms with E-state index >= 15 is 0 Å². The minimum Gasteiger partial charge on any atom is -0.493 e. The number of benzene rings is 1. The molecule has 0 aliphatic carbocycles. The third kappa shape index (κ3) is 4.19.